The summed E-state index contributed by atoms with van der Waals surface area (Å²) in [5.41, 5.74) is 7.66. The Balaban J connectivity index is 2.16. The molecule has 0 amide bonds. The van der Waals surface area contributed by atoms with Gasteiger partial charge in [-0.25, -0.2) is 4.39 Å². The predicted molar refractivity (Wildman–Crippen MR) is 71.3 cm³/mol. The number of anilines is 1. The Morgan fingerprint density at radius 1 is 1.22 bits per heavy atom. The Morgan fingerprint density at radius 2 is 2.00 bits per heavy atom. The van der Waals surface area contributed by atoms with Crippen LogP contribution in [0.5, 0.6) is 5.75 Å². The third-order valence-corrected chi connectivity index (χ3v) is 2.84. The monoisotopic (exact) mass is 265 g/mol. The van der Waals surface area contributed by atoms with Gasteiger partial charge in [0.1, 0.15) is 18.2 Å². The maximum Gasteiger partial charge on any atom is 0.129 e. The van der Waals surface area contributed by atoms with Crippen LogP contribution in [0.4, 0.5) is 10.1 Å². The topological polar surface area (TPSA) is 35.2 Å². The molecule has 0 aromatic heterocycles. The molecule has 0 heterocycles. The Hall–Kier alpha value is -1.74. The number of ether oxygens (including phenoxy) is 1. The lowest BCUT2D eigenvalue weighted by atomic mass is 10.2. The van der Waals surface area contributed by atoms with Crippen LogP contribution in [0.25, 0.3) is 0 Å². The van der Waals surface area contributed by atoms with Crippen molar-refractivity contribution in [1.29, 1.82) is 0 Å². The lowest BCUT2D eigenvalue weighted by Gasteiger charge is -2.10. The van der Waals surface area contributed by atoms with Crippen LogP contribution in [-0.2, 0) is 6.61 Å². The molecule has 94 valence electrons. The van der Waals surface area contributed by atoms with E-state index in [1.807, 2.05) is 13.0 Å². The third-order valence-electron chi connectivity index (χ3n) is 2.60. The molecule has 2 aromatic carbocycles. The Bertz CT molecular complexity index is 520. The van der Waals surface area contributed by atoms with Crippen molar-refractivity contribution in [2.24, 2.45) is 0 Å². The van der Waals surface area contributed by atoms with Gasteiger partial charge in [0.05, 0.1) is 0 Å². The smallest absolute Gasteiger partial charge is 0.129 e. The maximum absolute atomic E-state index is 13.5. The molecule has 0 aliphatic carbocycles. The van der Waals surface area contributed by atoms with E-state index in [-0.39, 0.29) is 12.4 Å². The average molecular weight is 266 g/mol. The molecule has 0 saturated heterocycles. The van der Waals surface area contributed by atoms with Gasteiger partial charge in [0.2, 0.25) is 0 Å². The van der Waals surface area contributed by atoms with Crippen molar-refractivity contribution in [2.75, 3.05) is 5.73 Å². The lowest BCUT2D eigenvalue weighted by molar-refractivity contribution is 0.298. The summed E-state index contributed by atoms with van der Waals surface area (Å²) in [5, 5.41) is 0.485. The highest BCUT2D eigenvalue weighted by Gasteiger charge is 2.06. The van der Waals surface area contributed by atoms with Crippen molar-refractivity contribution in [3.63, 3.8) is 0 Å². The van der Waals surface area contributed by atoms with Gasteiger partial charge in [0.15, 0.2) is 0 Å². The fourth-order valence-corrected chi connectivity index (χ4v) is 1.78. The number of halogens is 2. The number of benzene rings is 2. The molecular weight excluding hydrogens is 253 g/mol. The summed E-state index contributed by atoms with van der Waals surface area (Å²) >= 11 is 5.81. The SMILES string of the molecule is Cc1ccc(N)cc1OCc1cc(Cl)ccc1F. The number of nitrogens with two attached hydrogens (primary N) is 1. The van der Waals surface area contributed by atoms with Crippen molar-refractivity contribution >= 4 is 17.3 Å². The van der Waals surface area contributed by atoms with Crippen LogP contribution in [0.1, 0.15) is 11.1 Å². The first-order valence-corrected chi connectivity index (χ1v) is 5.87. The molecule has 0 spiro atoms. The van der Waals surface area contributed by atoms with E-state index in [1.54, 1.807) is 18.2 Å². The molecule has 18 heavy (non-hydrogen) atoms. The standard InChI is InChI=1S/C14H13ClFNO/c1-9-2-4-12(17)7-14(9)18-8-10-6-11(15)3-5-13(10)16/h2-7H,8,17H2,1H3. The first-order valence-electron chi connectivity index (χ1n) is 5.49. The first kappa shape index (κ1) is 12.7. The molecule has 0 aliphatic heterocycles. The van der Waals surface area contributed by atoms with E-state index in [2.05, 4.69) is 0 Å². The predicted octanol–water partition coefficient (Wildman–Crippen LogP) is 3.95. The van der Waals surface area contributed by atoms with E-state index < -0.39 is 0 Å². The number of rotatable bonds is 3. The second kappa shape index (κ2) is 5.27. The van der Waals surface area contributed by atoms with Gasteiger partial charge in [-0.2, -0.15) is 0 Å². The molecular formula is C14H13ClFNO. The van der Waals surface area contributed by atoms with Crippen LogP contribution in [0.3, 0.4) is 0 Å². The van der Waals surface area contributed by atoms with Gasteiger partial charge in [-0.1, -0.05) is 17.7 Å². The van der Waals surface area contributed by atoms with Crippen LogP contribution >= 0.6 is 11.6 Å². The largest absolute Gasteiger partial charge is 0.488 e. The summed E-state index contributed by atoms with van der Waals surface area (Å²) in [6.07, 6.45) is 0. The Kier molecular flexibility index (Phi) is 3.72. The van der Waals surface area contributed by atoms with Gasteiger partial charge < -0.3 is 10.5 Å². The summed E-state index contributed by atoms with van der Waals surface area (Å²) in [4.78, 5) is 0. The Labute approximate surface area is 110 Å². The second-order valence-electron chi connectivity index (χ2n) is 4.05. The molecule has 4 heteroatoms. The molecule has 0 bridgehead atoms. The summed E-state index contributed by atoms with van der Waals surface area (Å²) in [5.74, 6) is 0.315. The highest BCUT2D eigenvalue weighted by molar-refractivity contribution is 6.30. The highest BCUT2D eigenvalue weighted by atomic mass is 35.5. The van der Waals surface area contributed by atoms with Gasteiger partial charge in [-0.05, 0) is 36.8 Å². The summed E-state index contributed by atoms with van der Waals surface area (Å²) in [7, 11) is 0. The molecule has 2 N–H and O–H groups in total. The normalized spacial score (nSPS) is 10.4. The first-order chi connectivity index (χ1) is 8.56. The van der Waals surface area contributed by atoms with Crippen LogP contribution < -0.4 is 10.5 Å². The van der Waals surface area contributed by atoms with E-state index in [1.165, 1.54) is 12.1 Å². The maximum atomic E-state index is 13.5. The fourth-order valence-electron chi connectivity index (χ4n) is 1.58. The van der Waals surface area contributed by atoms with E-state index in [0.29, 0.717) is 22.0 Å². The third kappa shape index (κ3) is 2.93. The van der Waals surface area contributed by atoms with Gasteiger partial charge in [0, 0.05) is 22.3 Å². The summed E-state index contributed by atoms with van der Waals surface area (Å²) in [6, 6.07) is 9.76. The fraction of sp³-hybridized carbons (Fsp3) is 0.143. The quantitative estimate of drug-likeness (QED) is 0.853. The average Bonchev–Trinajstić information content (AvgIpc) is 2.34. The van der Waals surface area contributed by atoms with E-state index in [4.69, 9.17) is 22.1 Å². The number of nitrogen functional groups attached to an aromatic ring is 1. The molecule has 2 aromatic rings. The number of hydrogen-bond acceptors (Lipinski definition) is 2. The number of hydrogen-bond donors (Lipinski definition) is 1. The minimum Gasteiger partial charge on any atom is -0.488 e. The van der Waals surface area contributed by atoms with Crippen molar-refractivity contribution in [2.45, 2.75) is 13.5 Å². The lowest BCUT2D eigenvalue weighted by Crippen LogP contribution is -2.00. The van der Waals surface area contributed by atoms with Crippen LogP contribution in [0, 0.1) is 12.7 Å². The molecule has 0 atom stereocenters. The molecule has 2 nitrogen and oxygen atoms in total. The zero-order valence-electron chi connectivity index (χ0n) is 9.91. The zero-order valence-corrected chi connectivity index (χ0v) is 10.7. The highest BCUT2D eigenvalue weighted by Crippen LogP contribution is 2.23. The van der Waals surface area contributed by atoms with Crippen LogP contribution in [-0.4, -0.2) is 0 Å². The molecule has 0 aliphatic rings. The van der Waals surface area contributed by atoms with Crippen molar-refractivity contribution < 1.29 is 9.13 Å². The van der Waals surface area contributed by atoms with Crippen molar-refractivity contribution in [3.8, 4) is 5.75 Å². The van der Waals surface area contributed by atoms with Crippen LogP contribution in [0.15, 0.2) is 36.4 Å². The van der Waals surface area contributed by atoms with E-state index >= 15 is 0 Å². The van der Waals surface area contributed by atoms with Crippen molar-refractivity contribution in [3.05, 3.63) is 58.4 Å². The van der Waals surface area contributed by atoms with Gasteiger partial charge in [-0.15, -0.1) is 0 Å². The summed E-state index contributed by atoms with van der Waals surface area (Å²) < 4.78 is 19.0. The van der Waals surface area contributed by atoms with E-state index in [9.17, 15) is 4.39 Å². The molecule has 2 rings (SSSR count). The Morgan fingerprint density at radius 3 is 2.78 bits per heavy atom. The van der Waals surface area contributed by atoms with Gasteiger partial charge >= 0.3 is 0 Å². The minimum atomic E-state index is -0.332. The molecule has 0 radical (unpaired) electrons. The molecule has 0 unspecified atom stereocenters. The molecule has 0 saturated carbocycles. The molecule has 0 fully saturated rings. The zero-order chi connectivity index (χ0) is 13.1. The van der Waals surface area contributed by atoms with Gasteiger partial charge in [0.25, 0.3) is 0 Å². The van der Waals surface area contributed by atoms with Crippen LogP contribution in [0.2, 0.25) is 5.02 Å². The van der Waals surface area contributed by atoms with E-state index in [0.717, 1.165) is 5.56 Å². The minimum absolute atomic E-state index is 0.122. The summed E-state index contributed by atoms with van der Waals surface area (Å²) in [6.45, 7) is 2.03. The number of aryl methyl sites for hydroxylation is 1. The second-order valence-corrected chi connectivity index (χ2v) is 4.49. The van der Waals surface area contributed by atoms with Crippen molar-refractivity contribution in [1.82, 2.24) is 0 Å². The van der Waals surface area contributed by atoms with Gasteiger partial charge in [-0.3, -0.25) is 0 Å².